The Morgan fingerprint density at radius 3 is 2.33 bits per heavy atom. The average Bonchev–Trinajstić information content (AvgIpc) is 3.61. The van der Waals surface area contributed by atoms with E-state index < -0.39 is 6.10 Å². The van der Waals surface area contributed by atoms with Gasteiger partial charge in [0, 0.05) is 36.5 Å². The molecule has 1 saturated heterocycles. The number of aryl methyl sites for hydroxylation is 1. The van der Waals surface area contributed by atoms with Gasteiger partial charge in [-0.05, 0) is 131 Å². The third-order valence-electron chi connectivity index (χ3n) is 12.0. The molecule has 0 radical (unpaired) electrons. The third kappa shape index (κ3) is 6.68. The molecule has 4 aliphatic carbocycles. The van der Waals surface area contributed by atoms with Crippen molar-refractivity contribution in [3.63, 3.8) is 0 Å². The number of hydrogen-bond donors (Lipinski definition) is 1. The van der Waals surface area contributed by atoms with Crippen molar-refractivity contribution in [1.29, 1.82) is 0 Å². The second-order valence-electron chi connectivity index (χ2n) is 15.5. The van der Waals surface area contributed by atoms with Crippen molar-refractivity contribution in [3.8, 4) is 17.0 Å². The molecule has 1 aliphatic heterocycles. The molecule has 0 atom stereocenters. The van der Waals surface area contributed by atoms with Crippen LogP contribution in [0.5, 0.6) is 5.75 Å². The molecule has 262 valence electrons. The van der Waals surface area contributed by atoms with Crippen LogP contribution in [-0.4, -0.2) is 75.7 Å². The molecule has 0 spiro atoms. The van der Waals surface area contributed by atoms with Gasteiger partial charge in [-0.25, -0.2) is 9.78 Å². The van der Waals surface area contributed by atoms with E-state index in [1.807, 2.05) is 34.0 Å². The van der Waals surface area contributed by atoms with E-state index in [1.54, 1.807) is 13.3 Å². The number of pyridine rings is 1. The third-order valence-corrected chi connectivity index (χ3v) is 12.0. The Morgan fingerprint density at radius 2 is 1.71 bits per heavy atom. The molecule has 8 rings (SSSR count). The summed E-state index contributed by atoms with van der Waals surface area (Å²) in [4.78, 5) is 35.4. The Balaban J connectivity index is 1.10. The Bertz CT molecular complexity index is 1650. The number of amides is 2. The first-order valence-corrected chi connectivity index (χ1v) is 18.2. The highest BCUT2D eigenvalue weighted by atomic mass is 16.6. The van der Waals surface area contributed by atoms with Crippen LogP contribution in [0.2, 0.25) is 0 Å². The number of aliphatic hydroxyl groups excluding tert-OH is 1. The number of methoxy groups -OCH3 is 1. The summed E-state index contributed by atoms with van der Waals surface area (Å²) < 4.78 is 13.2. The summed E-state index contributed by atoms with van der Waals surface area (Å²) >= 11 is 0. The number of likely N-dealkylation sites (tertiary alicyclic amines) is 1. The number of anilines is 1. The summed E-state index contributed by atoms with van der Waals surface area (Å²) in [5, 5.41) is 14.4. The van der Waals surface area contributed by atoms with E-state index in [9.17, 15) is 14.7 Å². The quantitative estimate of drug-likeness (QED) is 0.266. The number of aliphatic hydroxyl groups is 1. The van der Waals surface area contributed by atoms with Crippen LogP contribution < -0.4 is 9.64 Å². The van der Waals surface area contributed by atoms with Gasteiger partial charge >= 0.3 is 6.09 Å². The molecule has 0 unspecified atom stereocenters. The first kappa shape index (κ1) is 33.6. The molecule has 2 aromatic heterocycles. The fourth-order valence-electron chi connectivity index (χ4n) is 8.72. The number of carbonyl (C=O) groups excluding carboxylic acids is 2. The number of nitrogens with zero attached hydrogens (tertiary/aromatic N) is 5. The molecule has 4 saturated carbocycles. The smallest absolute Gasteiger partial charge is 0.410 e. The van der Waals surface area contributed by atoms with Crippen molar-refractivity contribution in [2.45, 2.75) is 109 Å². The average molecular weight is 670 g/mol. The minimum absolute atomic E-state index is 0.0460. The molecule has 5 fully saturated rings. The highest BCUT2D eigenvalue weighted by molar-refractivity contribution is 5.95. The van der Waals surface area contributed by atoms with Crippen molar-refractivity contribution in [2.24, 2.45) is 11.3 Å². The molecule has 2 bridgehead atoms. The normalized spacial score (nSPS) is 26.8. The molecule has 1 N–H and O–H groups in total. The Labute approximate surface area is 289 Å². The van der Waals surface area contributed by atoms with E-state index in [4.69, 9.17) is 19.6 Å². The van der Waals surface area contributed by atoms with Crippen molar-refractivity contribution in [2.75, 3.05) is 31.6 Å². The van der Waals surface area contributed by atoms with E-state index in [-0.39, 0.29) is 40.9 Å². The molecule has 3 aromatic rings. The van der Waals surface area contributed by atoms with E-state index >= 15 is 0 Å². The maximum absolute atomic E-state index is 14.6. The second kappa shape index (κ2) is 13.4. The molecule has 10 nitrogen and oxygen atoms in total. The van der Waals surface area contributed by atoms with Gasteiger partial charge in [-0.3, -0.25) is 14.4 Å². The van der Waals surface area contributed by atoms with Crippen molar-refractivity contribution >= 4 is 17.8 Å². The van der Waals surface area contributed by atoms with E-state index in [0.717, 1.165) is 55.5 Å². The fourth-order valence-corrected chi connectivity index (χ4v) is 8.72. The summed E-state index contributed by atoms with van der Waals surface area (Å²) in [6, 6.07) is 13.0. The number of rotatable bonds is 9. The minimum Gasteiger partial charge on any atom is -0.496 e. The highest BCUT2D eigenvalue weighted by Gasteiger charge is 2.51. The maximum atomic E-state index is 14.6. The summed E-state index contributed by atoms with van der Waals surface area (Å²) in [7, 11) is 1.73. The fraction of sp³-hybridized carbons (Fsp3) is 0.590. The lowest BCUT2D eigenvalue weighted by Crippen LogP contribution is -2.54. The molecular weight excluding hydrogens is 618 g/mol. The lowest BCUT2D eigenvalue weighted by Gasteiger charge is -2.55. The topological polar surface area (TPSA) is 110 Å². The van der Waals surface area contributed by atoms with Crippen molar-refractivity contribution in [1.82, 2.24) is 19.7 Å². The highest BCUT2D eigenvalue weighted by Crippen LogP contribution is 2.58. The first-order chi connectivity index (χ1) is 23.6. The van der Waals surface area contributed by atoms with Crippen LogP contribution in [0.1, 0.15) is 95.2 Å². The van der Waals surface area contributed by atoms with Gasteiger partial charge in [0.2, 0.25) is 5.91 Å². The number of hydrogen-bond acceptors (Lipinski definition) is 7. The molecular formula is C39H51N5O5. The number of ether oxygens (including phenoxy) is 2. The number of fused-ring (bicyclic) bond motifs is 3. The SMILES string of the molecule is COc1ccc(C23CCC(CN(C(=O)C4CCC(OC(=O)N5CC(O)C5)CC4)c4cc(-c5ccn(C(C)C)n5)ccn4)(CC2)CC3)cc1C. The molecule has 2 amide bonds. The zero-order chi connectivity index (χ0) is 34.3. The van der Waals surface area contributed by atoms with Gasteiger partial charge in [0.1, 0.15) is 17.7 Å². The molecule has 5 aliphatic rings. The van der Waals surface area contributed by atoms with Gasteiger partial charge < -0.3 is 19.5 Å². The van der Waals surface area contributed by atoms with E-state index in [1.165, 1.54) is 16.0 Å². The van der Waals surface area contributed by atoms with Crippen LogP contribution in [0.4, 0.5) is 10.6 Å². The van der Waals surface area contributed by atoms with Crippen LogP contribution in [0.15, 0.2) is 48.8 Å². The standard InChI is InChI=1S/C39H51N5O5/c1-26(2)44-20-12-33(41-44)29-11-19-40-35(22-29)43(36(46)28-5-8-32(9-6-28)49-37(47)42-23-31(45)24-42)25-38-13-16-39(17-14-38,18-15-38)30-7-10-34(48-4)27(3)21-30/h7,10-12,19-22,26,28,31-32,45H,5-6,8-9,13-18,23-25H2,1-4H3. The number of benzene rings is 1. The predicted octanol–water partition coefficient (Wildman–Crippen LogP) is 6.84. The predicted molar refractivity (Wildman–Crippen MR) is 188 cm³/mol. The van der Waals surface area contributed by atoms with E-state index in [0.29, 0.717) is 51.1 Å². The first-order valence-electron chi connectivity index (χ1n) is 18.2. The molecule has 49 heavy (non-hydrogen) atoms. The summed E-state index contributed by atoms with van der Waals surface area (Å²) in [5.41, 5.74) is 4.66. The zero-order valence-electron chi connectivity index (χ0n) is 29.4. The van der Waals surface area contributed by atoms with Gasteiger partial charge in [-0.2, -0.15) is 5.10 Å². The van der Waals surface area contributed by atoms with Crippen LogP contribution in [0.3, 0.4) is 0 Å². The van der Waals surface area contributed by atoms with Crippen LogP contribution in [0.25, 0.3) is 11.3 Å². The Hall–Kier alpha value is -3.92. The van der Waals surface area contributed by atoms with Crippen LogP contribution >= 0.6 is 0 Å². The Kier molecular flexibility index (Phi) is 9.19. The van der Waals surface area contributed by atoms with Gasteiger partial charge in [0.15, 0.2) is 0 Å². The van der Waals surface area contributed by atoms with Gasteiger partial charge in [-0.15, -0.1) is 0 Å². The van der Waals surface area contributed by atoms with Crippen molar-refractivity contribution < 1.29 is 24.2 Å². The monoisotopic (exact) mass is 669 g/mol. The van der Waals surface area contributed by atoms with Crippen LogP contribution in [-0.2, 0) is 14.9 Å². The molecule has 3 heterocycles. The minimum atomic E-state index is -0.458. The number of β-amino-alcohol motifs (C(OH)–C–C–N with tert-alkyl or cyclic N) is 1. The Morgan fingerprint density at radius 1 is 1.00 bits per heavy atom. The summed E-state index contributed by atoms with van der Waals surface area (Å²) in [6.45, 7) is 7.66. The number of carbonyl (C=O) groups is 2. The lowest BCUT2D eigenvalue weighted by atomic mass is 9.51. The second-order valence-corrected chi connectivity index (χ2v) is 15.5. The van der Waals surface area contributed by atoms with Gasteiger partial charge in [-0.1, -0.05) is 12.1 Å². The zero-order valence-corrected chi connectivity index (χ0v) is 29.4. The van der Waals surface area contributed by atoms with E-state index in [2.05, 4.69) is 39.0 Å². The van der Waals surface area contributed by atoms with Gasteiger partial charge in [0.05, 0.1) is 32.0 Å². The van der Waals surface area contributed by atoms with Crippen LogP contribution in [0, 0.1) is 18.3 Å². The maximum Gasteiger partial charge on any atom is 0.410 e. The summed E-state index contributed by atoms with van der Waals surface area (Å²) in [6.07, 6.45) is 12.0. The lowest BCUT2D eigenvalue weighted by molar-refractivity contribution is -0.124. The number of aromatic nitrogens is 3. The molecule has 10 heteroatoms. The van der Waals surface area contributed by atoms with Gasteiger partial charge in [0.25, 0.3) is 0 Å². The molecule has 1 aromatic carbocycles. The largest absolute Gasteiger partial charge is 0.496 e. The summed E-state index contributed by atoms with van der Waals surface area (Å²) in [5.74, 6) is 1.59. The van der Waals surface area contributed by atoms with Crippen molar-refractivity contribution in [3.05, 3.63) is 59.9 Å².